The van der Waals surface area contributed by atoms with E-state index in [1.54, 1.807) is 12.4 Å². The molecule has 2 aromatic heterocycles. The minimum absolute atomic E-state index is 0.296. The number of nitrogens with zero attached hydrogens (tertiary/aromatic N) is 2. The van der Waals surface area contributed by atoms with Crippen LogP contribution in [0.5, 0.6) is 0 Å². The summed E-state index contributed by atoms with van der Waals surface area (Å²) in [6.07, 6.45) is 3.43. The van der Waals surface area contributed by atoms with Crippen molar-refractivity contribution in [1.29, 1.82) is 0 Å². The summed E-state index contributed by atoms with van der Waals surface area (Å²) in [4.78, 5) is 8.58. The monoisotopic (exact) mass is 265 g/mol. The van der Waals surface area contributed by atoms with Crippen molar-refractivity contribution in [3.63, 3.8) is 0 Å². The molecule has 5 nitrogen and oxygen atoms in total. The zero-order valence-electron chi connectivity index (χ0n) is 10.8. The number of rotatable bonds is 3. The molecule has 0 saturated heterocycles. The van der Waals surface area contributed by atoms with Crippen molar-refractivity contribution in [3.05, 3.63) is 66.1 Å². The topological polar surface area (TPSA) is 89.8 Å². The van der Waals surface area contributed by atoms with Gasteiger partial charge in [-0.1, -0.05) is 30.3 Å². The maximum absolute atomic E-state index is 5.94. The van der Waals surface area contributed by atoms with Crippen molar-refractivity contribution in [2.24, 2.45) is 5.84 Å². The van der Waals surface area contributed by atoms with Crippen LogP contribution in [0.15, 0.2) is 54.9 Å². The van der Waals surface area contributed by atoms with Gasteiger partial charge in [-0.2, -0.15) is 0 Å². The molecule has 0 aliphatic carbocycles. The average molecular weight is 265 g/mol. The fourth-order valence-electron chi connectivity index (χ4n) is 2.36. The SMILES string of the molecule is NNC(c1cccnc1N)c1nccc2ccccc12. The molecule has 0 aliphatic rings. The lowest BCUT2D eigenvalue weighted by molar-refractivity contribution is 0.625. The van der Waals surface area contributed by atoms with Gasteiger partial charge in [0.25, 0.3) is 0 Å². The van der Waals surface area contributed by atoms with E-state index in [0.29, 0.717) is 5.82 Å². The van der Waals surface area contributed by atoms with Gasteiger partial charge in [0, 0.05) is 23.3 Å². The van der Waals surface area contributed by atoms with E-state index >= 15 is 0 Å². The van der Waals surface area contributed by atoms with Crippen LogP contribution in [-0.4, -0.2) is 9.97 Å². The number of pyridine rings is 2. The predicted octanol–water partition coefficient (Wildman–Crippen LogP) is 1.76. The van der Waals surface area contributed by atoms with Crippen molar-refractivity contribution in [2.45, 2.75) is 6.04 Å². The third kappa shape index (κ3) is 2.09. The van der Waals surface area contributed by atoms with Gasteiger partial charge in [0.1, 0.15) is 5.82 Å². The molecule has 100 valence electrons. The largest absolute Gasteiger partial charge is 0.383 e. The van der Waals surface area contributed by atoms with Crippen molar-refractivity contribution in [3.8, 4) is 0 Å². The number of hydrazine groups is 1. The van der Waals surface area contributed by atoms with E-state index in [9.17, 15) is 0 Å². The first-order chi connectivity index (χ1) is 9.81. The molecule has 0 amide bonds. The highest BCUT2D eigenvalue weighted by molar-refractivity contribution is 5.85. The number of anilines is 1. The summed E-state index contributed by atoms with van der Waals surface area (Å²) < 4.78 is 0. The lowest BCUT2D eigenvalue weighted by atomic mass is 9.99. The molecular formula is C15H15N5. The first-order valence-electron chi connectivity index (χ1n) is 6.31. The van der Waals surface area contributed by atoms with Crippen molar-refractivity contribution >= 4 is 16.6 Å². The molecule has 1 atom stereocenters. The number of hydrogen-bond acceptors (Lipinski definition) is 5. The second-order valence-electron chi connectivity index (χ2n) is 4.49. The summed E-state index contributed by atoms with van der Waals surface area (Å²) >= 11 is 0. The fourth-order valence-corrected chi connectivity index (χ4v) is 2.36. The van der Waals surface area contributed by atoms with E-state index in [-0.39, 0.29) is 6.04 Å². The van der Waals surface area contributed by atoms with E-state index in [4.69, 9.17) is 11.6 Å². The summed E-state index contributed by atoms with van der Waals surface area (Å²) in [5.41, 5.74) is 10.4. The number of hydrogen-bond donors (Lipinski definition) is 3. The Hall–Kier alpha value is -2.50. The van der Waals surface area contributed by atoms with Crippen LogP contribution in [0, 0.1) is 0 Å². The normalized spacial score (nSPS) is 12.4. The zero-order valence-corrected chi connectivity index (χ0v) is 10.8. The Bertz CT molecular complexity index is 736. The van der Waals surface area contributed by atoms with Crippen molar-refractivity contribution in [1.82, 2.24) is 15.4 Å². The molecule has 0 aliphatic heterocycles. The van der Waals surface area contributed by atoms with Gasteiger partial charge in [0.15, 0.2) is 0 Å². The van der Waals surface area contributed by atoms with Gasteiger partial charge in [0.05, 0.1) is 11.7 Å². The summed E-state index contributed by atoms with van der Waals surface area (Å²) in [5, 5.41) is 2.15. The van der Waals surface area contributed by atoms with E-state index in [2.05, 4.69) is 15.4 Å². The number of fused-ring (bicyclic) bond motifs is 1. The Balaban J connectivity index is 2.20. The number of nitrogens with two attached hydrogens (primary N) is 2. The first-order valence-corrected chi connectivity index (χ1v) is 6.31. The van der Waals surface area contributed by atoms with Gasteiger partial charge in [-0.15, -0.1) is 0 Å². The molecule has 0 spiro atoms. The summed E-state index contributed by atoms with van der Waals surface area (Å²) in [6.45, 7) is 0. The molecule has 0 radical (unpaired) electrons. The van der Waals surface area contributed by atoms with Crippen LogP contribution >= 0.6 is 0 Å². The van der Waals surface area contributed by atoms with Gasteiger partial charge in [-0.05, 0) is 17.5 Å². The Morgan fingerprint density at radius 1 is 0.950 bits per heavy atom. The summed E-state index contributed by atoms with van der Waals surface area (Å²) in [7, 11) is 0. The quantitative estimate of drug-likeness (QED) is 0.496. The molecule has 5 heteroatoms. The highest BCUT2D eigenvalue weighted by Crippen LogP contribution is 2.28. The second-order valence-corrected chi connectivity index (χ2v) is 4.49. The Morgan fingerprint density at radius 3 is 2.60 bits per heavy atom. The standard InChI is InChI=1S/C15H15N5/c16-15-12(6-3-8-19-15)14(20-17)13-11-5-2-1-4-10(11)7-9-18-13/h1-9,14,20H,17H2,(H2,16,19). The number of nitrogens with one attached hydrogen (secondary N) is 1. The summed E-state index contributed by atoms with van der Waals surface area (Å²) in [5.74, 6) is 6.17. The minimum Gasteiger partial charge on any atom is -0.383 e. The molecule has 3 rings (SSSR count). The van der Waals surface area contributed by atoms with Gasteiger partial charge >= 0.3 is 0 Å². The zero-order chi connectivity index (χ0) is 13.9. The number of nitrogen functional groups attached to an aromatic ring is 1. The van der Waals surface area contributed by atoms with Crippen LogP contribution in [0.2, 0.25) is 0 Å². The first kappa shape index (κ1) is 12.5. The van der Waals surface area contributed by atoms with E-state index in [1.165, 1.54) is 0 Å². The van der Waals surface area contributed by atoms with Crippen LogP contribution in [-0.2, 0) is 0 Å². The number of benzene rings is 1. The molecule has 20 heavy (non-hydrogen) atoms. The van der Waals surface area contributed by atoms with Crippen molar-refractivity contribution in [2.75, 3.05) is 5.73 Å². The van der Waals surface area contributed by atoms with Gasteiger partial charge < -0.3 is 5.73 Å². The Labute approximate surface area is 116 Å². The third-order valence-electron chi connectivity index (χ3n) is 3.33. The molecule has 1 aromatic carbocycles. The van der Waals surface area contributed by atoms with Gasteiger partial charge in [-0.3, -0.25) is 10.8 Å². The highest BCUT2D eigenvalue weighted by atomic mass is 15.2. The molecule has 0 bridgehead atoms. The van der Waals surface area contributed by atoms with E-state index in [0.717, 1.165) is 22.0 Å². The molecule has 5 N–H and O–H groups in total. The molecule has 0 saturated carbocycles. The smallest absolute Gasteiger partial charge is 0.128 e. The maximum atomic E-state index is 5.94. The second kappa shape index (κ2) is 5.24. The highest BCUT2D eigenvalue weighted by Gasteiger charge is 2.19. The van der Waals surface area contributed by atoms with Gasteiger partial charge in [0.2, 0.25) is 0 Å². The third-order valence-corrected chi connectivity index (χ3v) is 3.33. The Kier molecular flexibility index (Phi) is 3.28. The predicted molar refractivity (Wildman–Crippen MR) is 79.6 cm³/mol. The lowest BCUT2D eigenvalue weighted by Gasteiger charge is -2.18. The van der Waals surface area contributed by atoms with Crippen LogP contribution in [0.1, 0.15) is 17.3 Å². The number of aromatic nitrogens is 2. The van der Waals surface area contributed by atoms with Crippen LogP contribution < -0.4 is 17.0 Å². The molecule has 0 fully saturated rings. The maximum Gasteiger partial charge on any atom is 0.128 e. The van der Waals surface area contributed by atoms with E-state index in [1.807, 2.05) is 42.5 Å². The molecule has 1 unspecified atom stereocenters. The van der Waals surface area contributed by atoms with E-state index < -0.39 is 0 Å². The van der Waals surface area contributed by atoms with Crippen LogP contribution in [0.25, 0.3) is 10.8 Å². The van der Waals surface area contributed by atoms with Gasteiger partial charge in [-0.25, -0.2) is 10.4 Å². The summed E-state index contributed by atoms with van der Waals surface area (Å²) in [6, 6.07) is 13.4. The average Bonchev–Trinajstić information content (AvgIpc) is 2.50. The molecule has 2 heterocycles. The molecular weight excluding hydrogens is 250 g/mol. The Morgan fingerprint density at radius 2 is 1.80 bits per heavy atom. The lowest BCUT2D eigenvalue weighted by Crippen LogP contribution is -2.30. The van der Waals surface area contributed by atoms with Crippen LogP contribution in [0.4, 0.5) is 5.82 Å². The minimum atomic E-state index is -0.296. The van der Waals surface area contributed by atoms with Crippen LogP contribution in [0.3, 0.4) is 0 Å². The fraction of sp³-hybridized carbons (Fsp3) is 0.0667. The molecule has 3 aromatic rings. The van der Waals surface area contributed by atoms with Crippen molar-refractivity contribution < 1.29 is 0 Å².